The molecule has 0 radical (unpaired) electrons. The van der Waals surface area contributed by atoms with Gasteiger partial charge in [0.05, 0.1) is 6.20 Å². The van der Waals surface area contributed by atoms with E-state index in [2.05, 4.69) is 35.8 Å². The molecule has 3 rings (SSSR count). The van der Waals surface area contributed by atoms with Crippen LogP contribution in [0.25, 0.3) is 11.0 Å². The number of H-pyrrole nitrogens is 2. The van der Waals surface area contributed by atoms with Gasteiger partial charge in [-0.2, -0.15) is 15.1 Å². The number of nitrogens with one attached hydrogen (secondary N) is 3. The normalized spacial score (nSPS) is 10.8. The van der Waals surface area contributed by atoms with E-state index in [0.717, 1.165) is 5.69 Å². The van der Waals surface area contributed by atoms with Crippen LogP contribution in [0, 0.1) is 6.92 Å². The Morgan fingerprint density at radius 1 is 1.33 bits per heavy atom. The van der Waals surface area contributed by atoms with E-state index in [9.17, 15) is 0 Å². The highest BCUT2D eigenvalue weighted by molar-refractivity contribution is 5.80. The first-order valence-corrected chi connectivity index (χ1v) is 5.14. The van der Waals surface area contributed by atoms with Gasteiger partial charge >= 0.3 is 0 Å². The summed E-state index contributed by atoms with van der Waals surface area (Å²) in [5, 5.41) is 14.0. The van der Waals surface area contributed by atoms with Crippen LogP contribution in [0.1, 0.15) is 5.69 Å². The number of hydrazine groups is 1. The summed E-state index contributed by atoms with van der Waals surface area (Å²) in [6.45, 7) is 1.88. The molecule has 0 atom stereocenters. The molecule has 9 heteroatoms. The first-order chi connectivity index (χ1) is 8.76. The molecular formula is C9H10N8O. The molecule has 3 heterocycles. The van der Waals surface area contributed by atoms with Gasteiger partial charge in [0, 0.05) is 11.8 Å². The van der Waals surface area contributed by atoms with E-state index in [0.29, 0.717) is 22.8 Å². The first kappa shape index (κ1) is 10.5. The van der Waals surface area contributed by atoms with Crippen molar-refractivity contribution in [3.8, 4) is 11.8 Å². The largest absolute Gasteiger partial charge is 0.418 e. The topological polar surface area (TPSA) is 130 Å². The number of hydrogen-bond donors (Lipinski definition) is 4. The van der Waals surface area contributed by atoms with Gasteiger partial charge in [0.2, 0.25) is 17.7 Å². The SMILES string of the molecule is Cc1cc(Oc2nc(NN)nc3[nH]ncc23)n[nH]1. The van der Waals surface area contributed by atoms with Crippen molar-refractivity contribution in [2.24, 2.45) is 5.84 Å². The number of anilines is 1. The van der Waals surface area contributed by atoms with Crippen LogP contribution in [0.5, 0.6) is 11.8 Å². The smallest absolute Gasteiger partial charge is 0.242 e. The summed E-state index contributed by atoms with van der Waals surface area (Å²) in [6.07, 6.45) is 1.57. The van der Waals surface area contributed by atoms with Crippen molar-refractivity contribution in [2.45, 2.75) is 6.92 Å². The molecule has 3 aromatic rings. The molecule has 0 saturated carbocycles. The molecule has 18 heavy (non-hydrogen) atoms. The summed E-state index contributed by atoms with van der Waals surface area (Å²) < 4.78 is 5.56. The zero-order valence-electron chi connectivity index (χ0n) is 9.43. The number of hydrogen-bond acceptors (Lipinski definition) is 7. The predicted molar refractivity (Wildman–Crippen MR) is 62.9 cm³/mol. The minimum atomic E-state index is 0.231. The molecule has 0 aliphatic carbocycles. The second-order valence-corrected chi connectivity index (χ2v) is 3.62. The maximum absolute atomic E-state index is 5.56. The Hall–Kier alpha value is -2.68. The average molecular weight is 246 g/mol. The Kier molecular flexibility index (Phi) is 2.31. The van der Waals surface area contributed by atoms with Gasteiger partial charge in [0.1, 0.15) is 5.39 Å². The van der Waals surface area contributed by atoms with Crippen LogP contribution in [0.4, 0.5) is 5.95 Å². The average Bonchev–Trinajstić information content (AvgIpc) is 2.98. The van der Waals surface area contributed by atoms with E-state index in [1.807, 2.05) is 6.92 Å². The van der Waals surface area contributed by atoms with Crippen molar-refractivity contribution in [2.75, 3.05) is 5.43 Å². The third-order valence-corrected chi connectivity index (χ3v) is 2.29. The highest BCUT2D eigenvalue weighted by Crippen LogP contribution is 2.26. The van der Waals surface area contributed by atoms with Gasteiger partial charge in [-0.05, 0) is 6.92 Å². The summed E-state index contributed by atoms with van der Waals surface area (Å²) in [4.78, 5) is 8.20. The van der Waals surface area contributed by atoms with Gasteiger partial charge in [-0.25, -0.2) is 5.84 Å². The molecule has 0 unspecified atom stereocenters. The molecule has 0 aromatic carbocycles. The Balaban J connectivity index is 2.06. The van der Waals surface area contributed by atoms with Crippen molar-refractivity contribution in [1.82, 2.24) is 30.4 Å². The number of nitrogen functional groups attached to an aromatic ring is 1. The quantitative estimate of drug-likeness (QED) is 0.390. The minimum absolute atomic E-state index is 0.231. The molecule has 9 nitrogen and oxygen atoms in total. The van der Waals surface area contributed by atoms with E-state index in [1.54, 1.807) is 12.3 Å². The fraction of sp³-hybridized carbons (Fsp3) is 0.111. The number of rotatable bonds is 3. The first-order valence-electron chi connectivity index (χ1n) is 5.14. The second-order valence-electron chi connectivity index (χ2n) is 3.62. The number of aromatic nitrogens is 6. The van der Waals surface area contributed by atoms with Gasteiger partial charge in [-0.3, -0.25) is 15.6 Å². The van der Waals surface area contributed by atoms with Gasteiger partial charge in [0.25, 0.3) is 0 Å². The van der Waals surface area contributed by atoms with E-state index in [-0.39, 0.29) is 5.95 Å². The van der Waals surface area contributed by atoms with Gasteiger partial charge in [0.15, 0.2) is 5.65 Å². The third-order valence-electron chi connectivity index (χ3n) is 2.29. The molecule has 92 valence electrons. The summed E-state index contributed by atoms with van der Waals surface area (Å²) in [6, 6.07) is 1.75. The molecule has 0 saturated heterocycles. The molecule has 0 amide bonds. The Morgan fingerprint density at radius 3 is 2.94 bits per heavy atom. The van der Waals surface area contributed by atoms with Crippen molar-refractivity contribution in [1.29, 1.82) is 0 Å². The summed E-state index contributed by atoms with van der Waals surface area (Å²) in [5.41, 5.74) is 3.78. The molecular weight excluding hydrogens is 236 g/mol. The fourth-order valence-corrected chi connectivity index (χ4v) is 1.50. The van der Waals surface area contributed by atoms with Crippen molar-refractivity contribution in [3.63, 3.8) is 0 Å². The molecule has 0 aliphatic heterocycles. The maximum atomic E-state index is 5.56. The highest BCUT2D eigenvalue weighted by atomic mass is 16.5. The Morgan fingerprint density at radius 2 is 2.22 bits per heavy atom. The number of nitrogens with zero attached hydrogens (tertiary/aromatic N) is 4. The molecule has 3 aromatic heterocycles. The van der Waals surface area contributed by atoms with Gasteiger partial charge < -0.3 is 4.74 Å². The van der Waals surface area contributed by atoms with Crippen LogP contribution in [0.3, 0.4) is 0 Å². The zero-order valence-corrected chi connectivity index (χ0v) is 9.43. The standard InChI is InChI=1S/C9H10N8O/c1-4-2-6(16-15-4)18-8-5-3-11-17-7(5)12-9(13-8)14-10/h2-3H,10H2,1H3,(H,15,16)(H2,11,12,13,14,17). The monoisotopic (exact) mass is 246 g/mol. The zero-order chi connectivity index (χ0) is 12.5. The fourth-order valence-electron chi connectivity index (χ4n) is 1.50. The van der Waals surface area contributed by atoms with Gasteiger partial charge in [-0.1, -0.05) is 0 Å². The Labute approximate surface area is 101 Å². The number of ether oxygens (including phenoxy) is 1. The van der Waals surface area contributed by atoms with Crippen molar-refractivity contribution >= 4 is 17.0 Å². The lowest BCUT2D eigenvalue weighted by atomic mass is 10.4. The summed E-state index contributed by atoms with van der Waals surface area (Å²) in [7, 11) is 0. The number of aromatic amines is 2. The third kappa shape index (κ3) is 1.72. The van der Waals surface area contributed by atoms with Crippen LogP contribution in [-0.4, -0.2) is 30.4 Å². The lowest BCUT2D eigenvalue weighted by Crippen LogP contribution is -2.10. The second kappa shape index (κ2) is 3.96. The van der Waals surface area contributed by atoms with Gasteiger partial charge in [-0.15, -0.1) is 5.10 Å². The van der Waals surface area contributed by atoms with Crippen LogP contribution in [-0.2, 0) is 0 Å². The molecule has 0 bridgehead atoms. The minimum Gasteiger partial charge on any atom is -0.418 e. The Bertz CT molecular complexity index is 687. The van der Waals surface area contributed by atoms with Crippen LogP contribution in [0.2, 0.25) is 0 Å². The predicted octanol–water partition coefficient (Wildman–Crippen LogP) is 0.462. The van der Waals surface area contributed by atoms with Crippen LogP contribution < -0.4 is 16.0 Å². The van der Waals surface area contributed by atoms with Crippen molar-refractivity contribution < 1.29 is 4.74 Å². The maximum Gasteiger partial charge on any atom is 0.242 e. The van der Waals surface area contributed by atoms with Crippen molar-refractivity contribution in [3.05, 3.63) is 18.0 Å². The lowest BCUT2D eigenvalue weighted by molar-refractivity contribution is 0.449. The lowest BCUT2D eigenvalue weighted by Gasteiger charge is -2.04. The van der Waals surface area contributed by atoms with Crippen LogP contribution >= 0.6 is 0 Å². The van der Waals surface area contributed by atoms with E-state index in [4.69, 9.17) is 10.6 Å². The van der Waals surface area contributed by atoms with Crippen LogP contribution in [0.15, 0.2) is 12.3 Å². The number of aryl methyl sites for hydroxylation is 1. The summed E-state index contributed by atoms with van der Waals surface area (Å²) in [5.74, 6) is 6.26. The molecule has 0 spiro atoms. The van der Waals surface area contributed by atoms with E-state index >= 15 is 0 Å². The highest BCUT2D eigenvalue weighted by Gasteiger charge is 2.12. The number of fused-ring (bicyclic) bond motifs is 1. The molecule has 0 aliphatic rings. The number of nitrogens with two attached hydrogens (primary N) is 1. The summed E-state index contributed by atoms with van der Waals surface area (Å²) >= 11 is 0. The molecule has 5 N–H and O–H groups in total. The van der Waals surface area contributed by atoms with E-state index in [1.165, 1.54) is 0 Å². The molecule has 0 fully saturated rings. The van der Waals surface area contributed by atoms with E-state index < -0.39 is 0 Å².